The summed E-state index contributed by atoms with van der Waals surface area (Å²) in [6.07, 6.45) is 2.23. The topological polar surface area (TPSA) is 87.0 Å². The summed E-state index contributed by atoms with van der Waals surface area (Å²) in [5.74, 6) is -2.75. The van der Waals surface area contributed by atoms with E-state index in [9.17, 15) is 22.0 Å². The van der Waals surface area contributed by atoms with Crippen molar-refractivity contribution in [2.75, 3.05) is 5.32 Å². The number of hydrogen-bond donors (Lipinski definition) is 1. The minimum Gasteiger partial charge on any atom is -0.321 e. The van der Waals surface area contributed by atoms with Crippen molar-refractivity contribution in [3.63, 3.8) is 0 Å². The summed E-state index contributed by atoms with van der Waals surface area (Å²) in [7, 11) is -3.56. The molecule has 2 aromatic rings. The number of halogens is 2. The number of carbonyl (C=O) groups is 1. The van der Waals surface area contributed by atoms with E-state index in [1.807, 2.05) is 0 Å². The van der Waals surface area contributed by atoms with E-state index in [1.54, 1.807) is 6.07 Å². The van der Waals surface area contributed by atoms with Gasteiger partial charge in [-0.15, -0.1) is 0 Å². The van der Waals surface area contributed by atoms with Crippen LogP contribution in [-0.4, -0.2) is 14.3 Å². The van der Waals surface area contributed by atoms with Crippen LogP contribution in [0.4, 0.5) is 14.5 Å². The molecule has 2 aromatic carbocycles. The molecule has 8 heteroatoms. The molecule has 0 radical (unpaired) electrons. The van der Waals surface area contributed by atoms with Crippen LogP contribution in [0.3, 0.4) is 0 Å². The van der Waals surface area contributed by atoms with Crippen molar-refractivity contribution in [1.82, 2.24) is 0 Å². The molecular weight excluding hydrogens is 362 g/mol. The van der Waals surface area contributed by atoms with Crippen molar-refractivity contribution in [1.29, 1.82) is 5.26 Å². The highest BCUT2D eigenvalue weighted by Gasteiger charge is 2.21. The number of hydrogen-bond acceptors (Lipinski definition) is 4. The minimum absolute atomic E-state index is 0.0259. The van der Waals surface area contributed by atoms with E-state index in [4.69, 9.17) is 5.26 Å². The van der Waals surface area contributed by atoms with Gasteiger partial charge in [-0.05, 0) is 42.0 Å². The summed E-state index contributed by atoms with van der Waals surface area (Å²) in [5.41, 5.74) is -0.431. The number of carbonyl (C=O) groups excluding carboxylic acids is 1. The van der Waals surface area contributed by atoms with Gasteiger partial charge >= 0.3 is 0 Å². The number of benzene rings is 2. The molecular formula is C18H10F2N2O3S. The summed E-state index contributed by atoms with van der Waals surface area (Å²) in [4.78, 5) is 12.2. The summed E-state index contributed by atoms with van der Waals surface area (Å²) in [6.45, 7) is 0. The second-order valence-electron chi connectivity index (χ2n) is 5.36. The molecule has 1 heterocycles. The smallest absolute Gasteiger partial charge is 0.266 e. The van der Waals surface area contributed by atoms with E-state index in [-0.39, 0.29) is 10.6 Å². The standard InChI is InChI=1S/C18H10F2N2O3S/c19-15-2-1-3-16(20)14(15)8-12(10-21)18(23)22-13-5-4-11-6-7-26(24,25)17(11)9-13/h1-9H,(H,22,23)/b12-8+. The Morgan fingerprint density at radius 1 is 1.15 bits per heavy atom. The largest absolute Gasteiger partial charge is 0.321 e. The summed E-state index contributed by atoms with van der Waals surface area (Å²) in [5, 5.41) is 12.5. The molecule has 0 aromatic heterocycles. The number of rotatable bonds is 3. The predicted molar refractivity (Wildman–Crippen MR) is 91.2 cm³/mol. The van der Waals surface area contributed by atoms with Gasteiger partial charge in [-0.3, -0.25) is 4.79 Å². The van der Waals surface area contributed by atoms with E-state index in [0.29, 0.717) is 5.56 Å². The van der Waals surface area contributed by atoms with Crippen LogP contribution in [-0.2, 0) is 14.6 Å². The maximum atomic E-state index is 13.7. The Kier molecular flexibility index (Phi) is 4.40. The molecule has 0 unspecified atom stereocenters. The van der Waals surface area contributed by atoms with Crippen molar-refractivity contribution in [3.05, 3.63) is 70.1 Å². The highest BCUT2D eigenvalue weighted by atomic mass is 32.2. The SMILES string of the molecule is N#C/C(=C\c1c(F)cccc1F)C(=O)Nc1ccc2c(c1)S(=O)(=O)C=C2. The average molecular weight is 372 g/mol. The third-order valence-corrected chi connectivity index (χ3v) is 5.12. The number of anilines is 1. The zero-order chi connectivity index (χ0) is 18.9. The maximum Gasteiger partial charge on any atom is 0.266 e. The first-order valence-corrected chi connectivity index (χ1v) is 8.81. The van der Waals surface area contributed by atoms with Gasteiger partial charge in [0.2, 0.25) is 9.84 Å². The van der Waals surface area contributed by atoms with Crippen molar-refractivity contribution < 1.29 is 22.0 Å². The zero-order valence-corrected chi connectivity index (χ0v) is 13.8. The van der Waals surface area contributed by atoms with Crippen LogP contribution in [0.2, 0.25) is 0 Å². The average Bonchev–Trinajstić information content (AvgIpc) is 2.89. The summed E-state index contributed by atoms with van der Waals surface area (Å²) >= 11 is 0. The molecule has 5 nitrogen and oxygen atoms in total. The highest BCUT2D eigenvalue weighted by Crippen LogP contribution is 2.29. The third-order valence-electron chi connectivity index (χ3n) is 3.66. The molecule has 1 N–H and O–H groups in total. The maximum absolute atomic E-state index is 13.7. The van der Waals surface area contributed by atoms with Crippen molar-refractivity contribution in [2.45, 2.75) is 4.90 Å². The second kappa shape index (κ2) is 6.54. The molecule has 0 saturated carbocycles. The number of nitrogens with zero attached hydrogens (tertiary/aromatic N) is 1. The molecule has 0 spiro atoms. The Balaban J connectivity index is 1.90. The summed E-state index contributed by atoms with van der Waals surface area (Å²) < 4.78 is 51.0. The normalized spacial score (nSPS) is 14.6. The van der Waals surface area contributed by atoms with E-state index in [1.165, 1.54) is 24.3 Å². The van der Waals surface area contributed by atoms with Crippen molar-refractivity contribution in [2.24, 2.45) is 0 Å². The zero-order valence-electron chi connectivity index (χ0n) is 13.0. The Morgan fingerprint density at radius 3 is 2.50 bits per heavy atom. The molecule has 0 saturated heterocycles. The monoisotopic (exact) mass is 372 g/mol. The Labute approximate surface area is 147 Å². The van der Waals surface area contributed by atoms with Crippen LogP contribution < -0.4 is 5.32 Å². The van der Waals surface area contributed by atoms with Gasteiger partial charge in [0.25, 0.3) is 5.91 Å². The molecule has 130 valence electrons. The van der Waals surface area contributed by atoms with Crippen molar-refractivity contribution >= 4 is 33.6 Å². The fraction of sp³-hybridized carbons (Fsp3) is 0. The first-order valence-electron chi connectivity index (χ1n) is 7.26. The lowest BCUT2D eigenvalue weighted by Crippen LogP contribution is -2.14. The van der Waals surface area contributed by atoms with Gasteiger partial charge in [-0.25, -0.2) is 17.2 Å². The van der Waals surface area contributed by atoms with E-state index >= 15 is 0 Å². The Hall–Kier alpha value is -3.31. The van der Waals surface area contributed by atoms with Crippen LogP contribution in [0.1, 0.15) is 11.1 Å². The van der Waals surface area contributed by atoms with Crippen LogP contribution in [0, 0.1) is 23.0 Å². The van der Waals surface area contributed by atoms with Gasteiger partial charge < -0.3 is 5.32 Å². The fourth-order valence-electron chi connectivity index (χ4n) is 2.37. The van der Waals surface area contributed by atoms with Crippen LogP contribution >= 0.6 is 0 Å². The van der Waals surface area contributed by atoms with Crippen LogP contribution in [0.25, 0.3) is 12.2 Å². The van der Waals surface area contributed by atoms with Gasteiger partial charge in [0, 0.05) is 16.7 Å². The minimum atomic E-state index is -3.56. The summed E-state index contributed by atoms with van der Waals surface area (Å²) in [6, 6.07) is 8.95. The molecule has 26 heavy (non-hydrogen) atoms. The predicted octanol–water partition coefficient (Wildman–Crippen LogP) is 3.27. The second-order valence-corrected chi connectivity index (χ2v) is 7.16. The third kappa shape index (κ3) is 3.25. The molecule has 0 bridgehead atoms. The molecule has 0 aliphatic carbocycles. The lowest BCUT2D eigenvalue weighted by molar-refractivity contribution is -0.112. The first kappa shape index (κ1) is 17.5. The Morgan fingerprint density at radius 2 is 1.85 bits per heavy atom. The van der Waals surface area contributed by atoms with E-state index < -0.39 is 38.5 Å². The number of fused-ring (bicyclic) bond motifs is 1. The highest BCUT2D eigenvalue weighted by molar-refractivity contribution is 7.94. The van der Waals surface area contributed by atoms with E-state index in [2.05, 4.69) is 5.32 Å². The number of amides is 1. The molecule has 3 rings (SSSR count). The molecule has 1 amide bonds. The van der Waals surface area contributed by atoms with Gasteiger partial charge in [0.05, 0.1) is 4.90 Å². The number of nitriles is 1. The molecule has 1 aliphatic rings. The van der Waals surface area contributed by atoms with Gasteiger partial charge in [-0.2, -0.15) is 5.26 Å². The van der Waals surface area contributed by atoms with Crippen molar-refractivity contribution in [3.8, 4) is 6.07 Å². The molecule has 1 aliphatic heterocycles. The quantitative estimate of drug-likeness (QED) is 0.662. The van der Waals surface area contributed by atoms with Gasteiger partial charge in [0.1, 0.15) is 23.3 Å². The molecule has 0 fully saturated rings. The van der Waals surface area contributed by atoms with Gasteiger partial charge in [0.15, 0.2) is 0 Å². The van der Waals surface area contributed by atoms with Gasteiger partial charge in [-0.1, -0.05) is 12.1 Å². The fourth-order valence-corrected chi connectivity index (χ4v) is 3.60. The van der Waals surface area contributed by atoms with E-state index in [0.717, 1.165) is 29.7 Å². The van der Waals surface area contributed by atoms with Crippen LogP contribution in [0.15, 0.2) is 52.3 Å². The number of nitrogens with one attached hydrogen (secondary N) is 1. The van der Waals surface area contributed by atoms with Crippen LogP contribution in [0.5, 0.6) is 0 Å². The number of sulfone groups is 1. The lowest BCUT2D eigenvalue weighted by atomic mass is 10.1. The first-order chi connectivity index (χ1) is 12.3. The lowest BCUT2D eigenvalue weighted by Gasteiger charge is -2.07. The Bertz CT molecular complexity index is 1110. The molecule has 0 atom stereocenters.